The second-order valence-electron chi connectivity index (χ2n) is 3.69. The van der Waals surface area contributed by atoms with E-state index < -0.39 is 12.6 Å². The number of alkyl halides is 3. The van der Waals surface area contributed by atoms with E-state index in [-0.39, 0.29) is 5.69 Å². The Hall–Kier alpha value is -2.04. The van der Waals surface area contributed by atoms with Crippen LogP contribution in [0.1, 0.15) is 5.69 Å². The van der Waals surface area contributed by atoms with Crippen molar-refractivity contribution in [2.24, 2.45) is 0 Å². The summed E-state index contributed by atoms with van der Waals surface area (Å²) in [7, 11) is 0. The number of halogens is 3. The van der Waals surface area contributed by atoms with Crippen molar-refractivity contribution >= 4 is 0 Å². The Bertz CT molecular complexity index is 511. The Morgan fingerprint density at radius 1 is 1.00 bits per heavy atom. The van der Waals surface area contributed by atoms with Crippen molar-refractivity contribution in [2.75, 3.05) is 0 Å². The van der Waals surface area contributed by atoms with E-state index in [1.165, 1.54) is 18.3 Å². The first-order chi connectivity index (χ1) is 8.53. The van der Waals surface area contributed by atoms with Crippen LogP contribution in [0.3, 0.4) is 0 Å². The number of hydrogen-bond acceptors (Lipinski definition) is 2. The SMILES string of the molecule is FC(F)(F)Cc1cc(Oc2ccccc2)ccn1. The second kappa shape index (κ2) is 5.08. The van der Waals surface area contributed by atoms with E-state index in [9.17, 15) is 13.2 Å². The van der Waals surface area contributed by atoms with Crippen LogP contribution in [0.5, 0.6) is 11.5 Å². The molecule has 0 N–H and O–H groups in total. The van der Waals surface area contributed by atoms with Crippen LogP contribution < -0.4 is 4.74 Å². The van der Waals surface area contributed by atoms with Crippen LogP contribution in [0.15, 0.2) is 48.7 Å². The normalized spacial score (nSPS) is 11.3. The molecule has 0 aliphatic heterocycles. The first kappa shape index (κ1) is 12.4. The Kier molecular flexibility index (Phi) is 3.50. The summed E-state index contributed by atoms with van der Waals surface area (Å²) in [6, 6.07) is 11.7. The average Bonchev–Trinajstić information content (AvgIpc) is 2.28. The highest BCUT2D eigenvalue weighted by Crippen LogP contribution is 2.24. The van der Waals surface area contributed by atoms with Gasteiger partial charge in [0.2, 0.25) is 0 Å². The molecule has 0 amide bonds. The number of hydrogen-bond donors (Lipinski definition) is 0. The minimum atomic E-state index is -4.27. The van der Waals surface area contributed by atoms with Gasteiger partial charge in [-0.25, -0.2) is 0 Å². The molecule has 1 aromatic carbocycles. The Labute approximate surface area is 102 Å². The summed E-state index contributed by atoms with van der Waals surface area (Å²) in [5.41, 5.74) is -0.0593. The summed E-state index contributed by atoms with van der Waals surface area (Å²) in [6.07, 6.45) is -4.02. The molecule has 0 spiro atoms. The fraction of sp³-hybridized carbons (Fsp3) is 0.154. The zero-order chi connectivity index (χ0) is 13.0. The molecule has 18 heavy (non-hydrogen) atoms. The molecule has 0 aliphatic carbocycles. The van der Waals surface area contributed by atoms with Crippen molar-refractivity contribution in [2.45, 2.75) is 12.6 Å². The lowest BCUT2D eigenvalue weighted by atomic mass is 10.2. The van der Waals surface area contributed by atoms with Crippen LogP contribution in [0.2, 0.25) is 0 Å². The van der Waals surface area contributed by atoms with Gasteiger partial charge in [-0.2, -0.15) is 13.2 Å². The number of benzene rings is 1. The third-order valence-electron chi connectivity index (χ3n) is 2.15. The first-order valence-electron chi connectivity index (χ1n) is 5.27. The van der Waals surface area contributed by atoms with Gasteiger partial charge in [-0.05, 0) is 18.2 Å². The van der Waals surface area contributed by atoms with Crippen molar-refractivity contribution < 1.29 is 17.9 Å². The topological polar surface area (TPSA) is 22.1 Å². The van der Waals surface area contributed by atoms with Gasteiger partial charge in [0.25, 0.3) is 0 Å². The molecular formula is C13H10F3NO. The van der Waals surface area contributed by atoms with E-state index in [0.717, 1.165) is 0 Å². The van der Waals surface area contributed by atoms with Gasteiger partial charge in [-0.3, -0.25) is 4.98 Å². The van der Waals surface area contributed by atoms with Gasteiger partial charge in [0, 0.05) is 12.3 Å². The molecule has 0 saturated heterocycles. The van der Waals surface area contributed by atoms with Crippen molar-refractivity contribution in [1.82, 2.24) is 4.98 Å². The fourth-order valence-electron chi connectivity index (χ4n) is 1.45. The van der Waals surface area contributed by atoms with Crippen LogP contribution in [0, 0.1) is 0 Å². The van der Waals surface area contributed by atoms with Crippen LogP contribution >= 0.6 is 0 Å². The van der Waals surface area contributed by atoms with E-state index in [1.807, 2.05) is 6.07 Å². The summed E-state index contributed by atoms with van der Waals surface area (Å²) in [6.45, 7) is 0. The predicted octanol–water partition coefficient (Wildman–Crippen LogP) is 3.98. The molecular weight excluding hydrogens is 243 g/mol. The minimum absolute atomic E-state index is 0.0593. The van der Waals surface area contributed by atoms with Gasteiger partial charge in [0.15, 0.2) is 0 Å². The summed E-state index contributed by atoms with van der Waals surface area (Å²) in [5.74, 6) is 0.914. The maximum Gasteiger partial charge on any atom is 0.394 e. The predicted molar refractivity (Wildman–Crippen MR) is 60.5 cm³/mol. The van der Waals surface area contributed by atoms with Gasteiger partial charge in [0.1, 0.15) is 11.5 Å². The Morgan fingerprint density at radius 2 is 1.72 bits per heavy atom. The lowest BCUT2D eigenvalue weighted by molar-refractivity contribution is -0.127. The highest BCUT2D eigenvalue weighted by molar-refractivity contribution is 5.31. The van der Waals surface area contributed by atoms with Gasteiger partial charge < -0.3 is 4.74 Å². The molecule has 0 atom stereocenters. The highest BCUT2D eigenvalue weighted by atomic mass is 19.4. The number of rotatable bonds is 3. The maximum atomic E-state index is 12.2. The van der Waals surface area contributed by atoms with E-state index in [0.29, 0.717) is 11.5 Å². The molecule has 2 rings (SSSR count). The molecule has 0 fully saturated rings. The van der Waals surface area contributed by atoms with Crippen LogP contribution in [-0.2, 0) is 6.42 Å². The van der Waals surface area contributed by atoms with E-state index in [1.54, 1.807) is 24.3 Å². The Balaban J connectivity index is 2.13. The van der Waals surface area contributed by atoms with Gasteiger partial charge >= 0.3 is 6.18 Å². The zero-order valence-corrected chi connectivity index (χ0v) is 9.32. The second-order valence-corrected chi connectivity index (χ2v) is 3.69. The van der Waals surface area contributed by atoms with Gasteiger partial charge in [-0.1, -0.05) is 18.2 Å². The largest absolute Gasteiger partial charge is 0.457 e. The molecule has 0 radical (unpaired) electrons. The van der Waals surface area contributed by atoms with E-state index in [4.69, 9.17) is 4.74 Å². The summed E-state index contributed by atoms with van der Waals surface area (Å²) in [4.78, 5) is 3.67. The maximum absolute atomic E-state index is 12.2. The van der Waals surface area contributed by atoms with Crippen LogP contribution in [0.25, 0.3) is 0 Å². The molecule has 0 saturated carbocycles. The molecule has 0 bridgehead atoms. The van der Waals surface area contributed by atoms with E-state index >= 15 is 0 Å². The summed E-state index contributed by atoms with van der Waals surface area (Å²) >= 11 is 0. The molecule has 1 aromatic heterocycles. The van der Waals surface area contributed by atoms with Crippen molar-refractivity contribution in [3.05, 3.63) is 54.4 Å². The Morgan fingerprint density at radius 3 is 2.39 bits per heavy atom. The molecule has 2 nitrogen and oxygen atoms in total. The molecule has 0 unspecified atom stereocenters. The van der Waals surface area contributed by atoms with Crippen molar-refractivity contribution in [3.8, 4) is 11.5 Å². The van der Waals surface area contributed by atoms with Crippen LogP contribution in [0.4, 0.5) is 13.2 Å². The first-order valence-corrected chi connectivity index (χ1v) is 5.27. The number of para-hydroxylation sites is 1. The molecule has 5 heteroatoms. The van der Waals surface area contributed by atoms with Gasteiger partial charge in [-0.15, -0.1) is 0 Å². The standard InChI is InChI=1S/C13H10F3NO/c14-13(15,16)9-10-8-12(6-7-17-10)18-11-4-2-1-3-5-11/h1-8H,9H2. The summed E-state index contributed by atoms with van der Waals surface area (Å²) in [5, 5.41) is 0. The molecule has 2 aromatic rings. The van der Waals surface area contributed by atoms with Gasteiger partial charge in [0.05, 0.1) is 12.1 Å². The van der Waals surface area contributed by atoms with Crippen molar-refractivity contribution in [1.29, 1.82) is 0 Å². The minimum Gasteiger partial charge on any atom is -0.457 e. The monoisotopic (exact) mass is 253 g/mol. The number of pyridine rings is 1. The lowest BCUT2D eigenvalue weighted by Gasteiger charge is -2.08. The lowest BCUT2D eigenvalue weighted by Crippen LogP contribution is -2.12. The zero-order valence-electron chi connectivity index (χ0n) is 9.32. The third-order valence-corrected chi connectivity index (χ3v) is 2.15. The van der Waals surface area contributed by atoms with Crippen LogP contribution in [-0.4, -0.2) is 11.2 Å². The molecule has 94 valence electrons. The molecule has 0 aliphatic rings. The van der Waals surface area contributed by atoms with E-state index in [2.05, 4.69) is 4.98 Å². The fourth-order valence-corrected chi connectivity index (χ4v) is 1.45. The number of aromatic nitrogens is 1. The summed E-state index contributed by atoms with van der Waals surface area (Å²) < 4.78 is 42.1. The molecule has 1 heterocycles. The number of ether oxygens (including phenoxy) is 1. The average molecular weight is 253 g/mol. The van der Waals surface area contributed by atoms with Crippen molar-refractivity contribution in [3.63, 3.8) is 0 Å². The third kappa shape index (κ3) is 3.76. The quantitative estimate of drug-likeness (QED) is 0.825. The number of nitrogens with zero attached hydrogens (tertiary/aromatic N) is 1. The smallest absolute Gasteiger partial charge is 0.394 e. The highest BCUT2D eigenvalue weighted by Gasteiger charge is 2.28.